The van der Waals surface area contributed by atoms with Gasteiger partial charge in [-0.3, -0.25) is 4.90 Å². The van der Waals surface area contributed by atoms with Gasteiger partial charge in [-0.1, -0.05) is 18.2 Å². The van der Waals surface area contributed by atoms with Crippen LogP contribution >= 0.6 is 0 Å². The zero-order valence-electron chi connectivity index (χ0n) is 15.8. The molecule has 0 atom stereocenters. The Hall–Kier alpha value is -3.62. The number of aromatic nitrogens is 2. The SMILES string of the molecule is Cc1ccnc(CN2Cc3cc(-c4ccc(OC(F)(F)F)cc4)ccc3OC2=O)n1. The molecule has 154 valence electrons. The number of hydrogen-bond acceptors (Lipinski definition) is 5. The van der Waals surface area contributed by atoms with Gasteiger partial charge in [0.25, 0.3) is 0 Å². The summed E-state index contributed by atoms with van der Waals surface area (Å²) in [5.74, 6) is 0.663. The summed E-state index contributed by atoms with van der Waals surface area (Å²) in [6.07, 6.45) is -3.60. The third-order valence-corrected chi connectivity index (χ3v) is 4.48. The molecule has 0 saturated heterocycles. The Morgan fingerprint density at radius 2 is 1.83 bits per heavy atom. The van der Waals surface area contributed by atoms with E-state index < -0.39 is 12.5 Å². The van der Waals surface area contributed by atoms with Crippen LogP contribution in [0.15, 0.2) is 54.7 Å². The van der Waals surface area contributed by atoms with Crippen LogP contribution in [0.4, 0.5) is 18.0 Å². The van der Waals surface area contributed by atoms with E-state index >= 15 is 0 Å². The first-order valence-electron chi connectivity index (χ1n) is 9.01. The number of alkyl halides is 3. The van der Waals surface area contributed by atoms with Gasteiger partial charge in [-0.15, -0.1) is 13.2 Å². The molecule has 1 aliphatic heterocycles. The molecule has 1 aliphatic rings. The molecule has 3 aromatic rings. The Balaban J connectivity index is 1.54. The third kappa shape index (κ3) is 4.51. The van der Waals surface area contributed by atoms with E-state index in [9.17, 15) is 18.0 Å². The highest BCUT2D eigenvalue weighted by Crippen LogP contribution is 2.32. The van der Waals surface area contributed by atoms with Crippen molar-refractivity contribution in [1.29, 1.82) is 0 Å². The second-order valence-electron chi connectivity index (χ2n) is 6.73. The number of aryl methyl sites for hydroxylation is 1. The maximum absolute atomic E-state index is 12.3. The van der Waals surface area contributed by atoms with Crippen LogP contribution in [-0.2, 0) is 13.1 Å². The van der Waals surface area contributed by atoms with Crippen LogP contribution in [0.5, 0.6) is 11.5 Å². The lowest BCUT2D eigenvalue weighted by atomic mass is 10.0. The molecule has 0 saturated carbocycles. The van der Waals surface area contributed by atoms with Gasteiger partial charge in [0.05, 0.1) is 13.1 Å². The molecule has 0 spiro atoms. The second kappa shape index (κ2) is 7.66. The molecule has 2 aromatic carbocycles. The highest BCUT2D eigenvalue weighted by atomic mass is 19.4. The average Bonchev–Trinajstić information content (AvgIpc) is 2.68. The normalized spacial score (nSPS) is 13.6. The van der Waals surface area contributed by atoms with Crippen molar-refractivity contribution in [3.05, 3.63) is 71.8 Å². The lowest BCUT2D eigenvalue weighted by molar-refractivity contribution is -0.274. The van der Waals surface area contributed by atoms with Crippen molar-refractivity contribution in [2.45, 2.75) is 26.4 Å². The van der Waals surface area contributed by atoms with E-state index in [-0.39, 0.29) is 12.3 Å². The van der Waals surface area contributed by atoms with Crippen LogP contribution in [0.2, 0.25) is 0 Å². The van der Waals surface area contributed by atoms with Crippen molar-refractivity contribution >= 4 is 6.09 Å². The van der Waals surface area contributed by atoms with Crippen LogP contribution in [0.25, 0.3) is 11.1 Å². The molecule has 1 aromatic heterocycles. The van der Waals surface area contributed by atoms with E-state index in [1.165, 1.54) is 29.2 Å². The van der Waals surface area contributed by atoms with E-state index in [0.29, 0.717) is 23.7 Å². The van der Waals surface area contributed by atoms with Crippen LogP contribution in [0, 0.1) is 6.92 Å². The number of ether oxygens (including phenoxy) is 2. The first-order valence-corrected chi connectivity index (χ1v) is 9.01. The largest absolute Gasteiger partial charge is 0.573 e. The number of carbonyl (C=O) groups is 1. The molecule has 0 bridgehead atoms. The smallest absolute Gasteiger partial charge is 0.410 e. The number of carbonyl (C=O) groups excluding carboxylic acids is 1. The van der Waals surface area contributed by atoms with Crippen molar-refractivity contribution in [2.24, 2.45) is 0 Å². The maximum atomic E-state index is 12.3. The van der Waals surface area contributed by atoms with Crippen molar-refractivity contribution in [3.8, 4) is 22.6 Å². The first kappa shape index (κ1) is 19.7. The van der Waals surface area contributed by atoms with Crippen LogP contribution in [0.1, 0.15) is 17.1 Å². The quantitative estimate of drug-likeness (QED) is 0.609. The predicted molar refractivity (Wildman–Crippen MR) is 101 cm³/mol. The number of fused-ring (bicyclic) bond motifs is 1. The molecule has 2 heterocycles. The van der Waals surface area contributed by atoms with E-state index in [1.807, 2.05) is 13.0 Å². The number of benzene rings is 2. The number of amides is 1. The average molecular weight is 415 g/mol. The molecule has 9 heteroatoms. The Morgan fingerprint density at radius 1 is 1.10 bits per heavy atom. The minimum absolute atomic E-state index is 0.202. The number of hydrogen-bond donors (Lipinski definition) is 0. The van der Waals surface area contributed by atoms with Gasteiger partial charge in [0.15, 0.2) is 0 Å². The molecule has 0 unspecified atom stereocenters. The summed E-state index contributed by atoms with van der Waals surface area (Å²) in [5.41, 5.74) is 3.05. The molecular formula is C21H16F3N3O3. The molecule has 0 N–H and O–H groups in total. The van der Waals surface area contributed by atoms with Crippen molar-refractivity contribution in [2.75, 3.05) is 0 Å². The summed E-state index contributed by atoms with van der Waals surface area (Å²) < 4.78 is 46.3. The van der Waals surface area contributed by atoms with E-state index in [4.69, 9.17) is 4.74 Å². The first-order chi connectivity index (χ1) is 14.3. The van der Waals surface area contributed by atoms with Crippen LogP contribution in [-0.4, -0.2) is 27.3 Å². The number of halogens is 3. The lowest BCUT2D eigenvalue weighted by Gasteiger charge is -2.27. The fourth-order valence-corrected chi connectivity index (χ4v) is 3.13. The standard InChI is InChI=1S/C21H16F3N3O3/c1-13-8-9-25-19(26-13)12-27-11-16-10-15(4-7-18(16)29-20(27)28)14-2-5-17(6-3-14)30-21(22,23)24/h2-10H,11-12H2,1H3. The van der Waals surface area contributed by atoms with Gasteiger partial charge < -0.3 is 9.47 Å². The Kier molecular flexibility index (Phi) is 5.03. The molecule has 0 fully saturated rings. The third-order valence-electron chi connectivity index (χ3n) is 4.48. The zero-order chi connectivity index (χ0) is 21.3. The topological polar surface area (TPSA) is 64.6 Å². The van der Waals surface area contributed by atoms with Gasteiger partial charge in [0, 0.05) is 17.5 Å². The maximum Gasteiger partial charge on any atom is 0.573 e. The number of rotatable bonds is 4. The summed E-state index contributed by atoms with van der Waals surface area (Å²) in [5, 5.41) is 0. The monoisotopic (exact) mass is 415 g/mol. The minimum atomic E-state index is -4.73. The van der Waals surface area contributed by atoms with Gasteiger partial charge in [0.2, 0.25) is 0 Å². The summed E-state index contributed by atoms with van der Waals surface area (Å²) in [4.78, 5) is 22.3. The van der Waals surface area contributed by atoms with Gasteiger partial charge in [-0.05, 0) is 48.4 Å². The Bertz CT molecular complexity index is 1080. The molecule has 6 nitrogen and oxygen atoms in total. The van der Waals surface area contributed by atoms with Gasteiger partial charge in [0.1, 0.15) is 17.3 Å². The van der Waals surface area contributed by atoms with Crippen LogP contribution < -0.4 is 9.47 Å². The fraction of sp³-hybridized carbons (Fsp3) is 0.190. The predicted octanol–water partition coefficient (Wildman–Crippen LogP) is 4.87. The van der Waals surface area contributed by atoms with Crippen molar-refractivity contribution in [3.63, 3.8) is 0 Å². The Morgan fingerprint density at radius 3 is 2.53 bits per heavy atom. The zero-order valence-corrected chi connectivity index (χ0v) is 15.8. The van der Waals surface area contributed by atoms with E-state index in [2.05, 4.69) is 14.7 Å². The summed E-state index contributed by atoms with van der Waals surface area (Å²) in [6, 6.07) is 12.6. The highest BCUT2D eigenvalue weighted by molar-refractivity contribution is 5.75. The molecule has 30 heavy (non-hydrogen) atoms. The summed E-state index contributed by atoms with van der Waals surface area (Å²) >= 11 is 0. The molecule has 1 amide bonds. The van der Waals surface area contributed by atoms with Crippen LogP contribution in [0.3, 0.4) is 0 Å². The Labute approximate surface area is 169 Å². The molecule has 0 radical (unpaired) electrons. The highest BCUT2D eigenvalue weighted by Gasteiger charge is 2.31. The van der Waals surface area contributed by atoms with E-state index in [1.54, 1.807) is 24.4 Å². The molecule has 0 aliphatic carbocycles. The van der Waals surface area contributed by atoms with Gasteiger partial charge in [-0.2, -0.15) is 0 Å². The minimum Gasteiger partial charge on any atom is -0.410 e. The second-order valence-corrected chi connectivity index (χ2v) is 6.73. The van der Waals surface area contributed by atoms with Crippen molar-refractivity contribution in [1.82, 2.24) is 14.9 Å². The molecule has 4 rings (SSSR count). The van der Waals surface area contributed by atoms with Gasteiger partial charge >= 0.3 is 12.5 Å². The van der Waals surface area contributed by atoms with Crippen molar-refractivity contribution < 1.29 is 27.4 Å². The summed E-state index contributed by atoms with van der Waals surface area (Å²) in [6.45, 7) is 2.34. The lowest BCUT2D eigenvalue weighted by Crippen LogP contribution is -2.37. The summed E-state index contributed by atoms with van der Waals surface area (Å²) in [7, 11) is 0. The van der Waals surface area contributed by atoms with Gasteiger partial charge in [-0.25, -0.2) is 14.8 Å². The fourth-order valence-electron chi connectivity index (χ4n) is 3.13. The molecular weight excluding hydrogens is 399 g/mol. The number of nitrogens with zero attached hydrogens (tertiary/aromatic N) is 3. The van der Waals surface area contributed by atoms with E-state index in [0.717, 1.165) is 16.8 Å².